The van der Waals surface area contributed by atoms with Crippen LogP contribution in [-0.4, -0.2) is 52.7 Å². The highest BCUT2D eigenvalue weighted by molar-refractivity contribution is 5.86. The van der Waals surface area contributed by atoms with Crippen LogP contribution in [0.4, 0.5) is 17.1 Å². The second-order valence-corrected chi connectivity index (χ2v) is 6.47. The van der Waals surface area contributed by atoms with Crippen LogP contribution in [0.5, 0.6) is 5.75 Å². The summed E-state index contributed by atoms with van der Waals surface area (Å²) in [5.74, 6) is 0.841. The number of hydrogen-bond donors (Lipinski definition) is 0. The summed E-state index contributed by atoms with van der Waals surface area (Å²) >= 11 is 0. The third kappa shape index (κ3) is 4.80. The highest BCUT2D eigenvalue weighted by atomic mass is 16.5. The van der Waals surface area contributed by atoms with Crippen LogP contribution >= 0.6 is 0 Å². The number of hydrogen-bond acceptors (Lipinski definition) is 5. The first-order chi connectivity index (χ1) is 13.2. The average molecular weight is 367 g/mol. The van der Waals surface area contributed by atoms with Gasteiger partial charge < -0.3 is 19.3 Å². The zero-order chi connectivity index (χ0) is 19.1. The molecule has 1 aliphatic heterocycles. The fourth-order valence-corrected chi connectivity index (χ4v) is 3.31. The van der Waals surface area contributed by atoms with E-state index in [-0.39, 0.29) is 0 Å². The largest absolute Gasteiger partial charge is 0.496 e. The van der Waals surface area contributed by atoms with E-state index in [2.05, 4.69) is 71.1 Å². The number of benzene rings is 2. The number of nitrogens with zero attached hydrogens (tertiary/aromatic N) is 3. The van der Waals surface area contributed by atoms with Crippen LogP contribution in [0, 0.1) is 0 Å². The second kappa shape index (κ2) is 9.42. The van der Waals surface area contributed by atoms with Crippen molar-refractivity contribution in [3.8, 4) is 5.75 Å². The van der Waals surface area contributed by atoms with E-state index in [4.69, 9.17) is 9.47 Å². The van der Waals surface area contributed by atoms with E-state index in [1.54, 1.807) is 7.11 Å². The SMILES string of the molecule is CCN(CC)c1ccc(C=Nc2ccc(N3CCOCC3)cc2)c(OC)c1. The summed E-state index contributed by atoms with van der Waals surface area (Å²) in [5.41, 5.74) is 4.30. The zero-order valence-corrected chi connectivity index (χ0v) is 16.5. The molecule has 2 aromatic rings. The molecule has 0 radical (unpaired) electrons. The van der Waals surface area contributed by atoms with E-state index >= 15 is 0 Å². The van der Waals surface area contributed by atoms with E-state index in [9.17, 15) is 0 Å². The van der Waals surface area contributed by atoms with Crippen molar-refractivity contribution in [2.75, 3.05) is 56.3 Å². The van der Waals surface area contributed by atoms with Gasteiger partial charge in [-0.05, 0) is 50.2 Å². The molecule has 1 heterocycles. The van der Waals surface area contributed by atoms with Crippen LogP contribution in [0.3, 0.4) is 0 Å². The van der Waals surface area contributed by atoms with Crippen molar-refractivity contribution in [3.63, 3.8) is 0 Å². The van der Waals surface area contributed by atoms with Crippen molar-refractivity contribution in [1.29, 1.82) is 0 Å². The maximum absolute atomic E-state index is 5.58. The summed E-state index contributed by atoms with van der Waals surface area (Å²) in [6.45, 7) is 9.74. The number of anilines is 2. The Balaban J connectivity index is 1.73. The minimum atomic E-state index is 0.795. The minimum absolute atomic E-state index is 0.795. The number of methoxy groups -OCH3 is 1. The van der Waals surface area contributed by atoms with Crippen LogP contribution in [-0.2, 0) is 4.74 Å². The quantitative estimate of drug-likeness (QED) is 0.690. The van der Waals surface area contributed by atoms with Gasteiger partial charge in [-0.2, -0.15) is 0 Å². The normalized spacial score (nSPS) is 14.6. The molecule has 0 aromatic heterocycles. The summed E-state index contributed by atoms with van der Waals surface area (Å²) in [5, 5.41) is 0. The van der Waals surface area contributed by atoms with Crippen LogP contribution in [0.15, 0.2) is 47.5 Å². The molecule has 0 unspecified atom stereocenters. The Morgan fingerprint density at radius 1 is 1.07 bits per heavy atom. The molecule has 0 aliphatic carbocycles. The van der Waals surface area contributed by atoms with E-state index in [0.717, 1.165) is 56.4 Å². The van der Waals surface area contributed by atoms with Gasteiger partial charge in [0.15, 0.2) is 0 Å². The van der Waals surface area contributed by atoms with Crippen molar-refractivity contribution in [2.24, 2.45) is 4.99 Å². The molecule has 0 atom stereocenters. The fourth-order valence-electron chi connectivity index (χ4n) is 3.31. The van der Waals surface area contributed by atoms with Gasteiger partial charge in [0, 0.05) is 55.4 Å². The van der Waals surface area contributed by atoms with Gasteiger partial charge in [0.1, 0.15) is 5.75 Å². The molecule has 0 saturated carbocycles. The van der Waals surface area contributed by atoms with E-state index in [1.165, 1.54) is 11.4 Å². The van der Waals surface area contributed by atoms with Crippen molar-refractivity contribution < 1.29 is 9.47 Å². The monoisotopic (exact) mass is 367 g/mol. The molecule has 0 amide bonds. The Kier molecular flexibility index (Phi) is 6.71. The predicted molar refractivity (Wildman–Crippen MR) is 113 cm³/mol. The van der Waals surface area contributed by atoms with Crippen molar-refractivity contribution in [3.05, 3.63) is 48.0 Å². The molecule has 0 N–H and O–H groups in total. The molecule has 1 aliphatic rings. The summed E-state index contributed by atoms with van der Waals surface area (Å²) in [6.07, 6.45) is 1.87. The Morgan fingerprint density at radius 3 is 2.41 bits per heavy atom. The molecule has 3 rings (SSSR count). The van der Waals surface area contributed by atoms with Crippen LogP contribution in [0.25, 0.3) is 0 Å². The average Bonchev–Trinajstić information content (AvgIpc) is 2.74. The lowest BCUT2D eigenvalue weighted by Gasteiger charge is -2.28. The first-order valence-corrected chi connectivity index (χ1v) is 9.65. The van der Waals surface area contributed by atoms with Crippen molar-refractivity contribution >= 4 is 23.3 Å². The Morgan fingerprint density at radius 2 is 1.78 bits per heavy atom. The molecule has 1 fully saturated rings. The Labute approximate surface area is 162 Å². The molecular weight excluding hydrogens is 338 g/mol. The number of morpholine rings is 1. The highest BCUT2D eigenvalue weighted by Crippen LogP contribution is 2.26. The lowest BCUT2D eigenvalue weighted by Crippen LogP contribution is -2.36. The Hall–Kier alpha value is -2.53. The minimum Gasteiger partial charge on any atom is -0.496 e. The topological polar surface area (TPSA) is 37.3 Å². The van der Waals surface area contributed by atoms with Crippen LogP contribution in [0.1, 0.15) is 19.4 Å². The standard InChI is InChI=1S/C22H29N3O2/c1-4-24(5-2)21-9-6-18(22(16-21)26-3)17-23-19-7-10-20(11-8-19)25-12-14-27-15-13-25/h6-11,16-17H,4-5,12-15H2,1-3H3. The molecule has 27 heavy (non-hydrogen) atoms. The summed E-state index contributed by atoms with van der Waals surface area (Å²) < 4.78 is 11.0. The number of aliphatic imine (C=N–C) groups is 1. The Bertz CT molecular complexity index is 749. The van der Waals surface area contributed by atoms with E-state index in [0.29, 0.717) is 0 Å². The fraction of sp³-hybridized carbons (Fsp3) is 0.409. The number of rotatable bonds is 7. The summed E-state index contributed by atoms with van der Waals surface area (Å²) in [6, 6.07) is 14.6. The second-order valence-electron chi connectivity index (χ2n) is 6.47. The smallest absolute Gasteiger partial charge is 0.129 e. The van der Waals surface area contributed by atoms with E-state index in [1.807, 2.05) is 6.21 Å². The number of ether oxygens (including phenoxy) is 2. The highest BCUT2D eigenvalue weighted by Gasteiger charge is 2.11. The van der Waals surface area contributed by atoms with Gasteiger partial charge in [-0.25, -0.2) is 0 Å². The molecule has 5 nitrogen and oxygen atoms in total. The predicted octanol–water partition coefficient (Wildman–Crippen LogP) is 4.13. The zero-order valence-electron chi connectivity index (χ0n) is 16.5. The van der Waals surface area contributed by atoms with Crippen molar-refractivity contribution in [2.45, 2.75) is 13.8 Å². The van der Waals surface area contributed by atoms with Gasteiger partial charge in [-0.1, -0.05) is 0 Å². The maximum atomic E-state index is 5.58. The van der Waals surface area contributed by atoms with Gasteiger partial charge in [-0.15, -0.1) is 0 Å². The summed E-state index contributed by atoms with van der Waals surface area (Å²) in [7, 11) is 1.70. The van der Waals surface area contributed by atoms with Gasteiger partial charge >= 0.3 is 0 Å². The first-order valence-electron chi connectivity index (χ1n) is 9.65. The molecule has 0 bridgehead atoms. The van der Waals surface area contributed by atoms with Gasteiger partial charge in [0.25, 0.3) is 0 Å². The third-order valence-electron chi connectivity index (χ3n) is 4.92. The summed E-state index contributed by atoms with van der Waals surface area (Å²) in [4.78, 5) is 9.26. The van der Waals surface area contributed by atoms with E-state index < -0.39 is 0 Å². The maximum Gasteiger partial charge on any atom is 0.129 e. The van der Waals surface area contributed by atoms with Crippen LogP contribution < -0.4 is 14.5 Å². The lowest BCUT2D eigenvalue weighted by molar-refractivity contribution is 0.122. The molecule has 5 heteroatoms. The van der Waals surface area contributed by atoms with Crippen LogP contribution in [0.2, 0.25) is 0 Å². The molecular formula is C22H29N3O2. The van der Waals surface area contributed by atoms with Gasteiger partial charge in [-0.3, -0.25) is 4.99 Å². The van der Waals surface area contributed by atoms with Gasteiger partial charge in [0.2, 0.25) is 0 Å². The molecule has 144 valence electrons. The van der Waals surface area contributed by atoms with Gasteiger partial charge in [0.05, 0.1) is 26.0 Å². The lowest BCUT2D eigenvalue weighted by atomic mass is 10.1. The molecule has 1 saturated heterocycles. The molecule has 2 aromatic carbocycles. The first kappa shape index (κ1) is 19.2. The third-order valence-corrected chi connectivity index (χ3v) is 4.92. The molecule has 0 spiro atoms. The van der Waals surface area contributed by atoms with Crippen molar-refractivity contribution in [1.82, 2.24) is 0 Å².